The number of hydrogen-bond donors (Lipinski definition) is 2. The van der Waals surface area contributed by atoms with Crippen molar-refractivity contribution in [3.05, 3.63) is 129 Å². The number of benzene rings is 3. The average Bonchev–Trinajstić information content (AvgIpc) is 3.46. The maximum Gasteiger partial charge on any atom is 0.336 e. The van der Waals surface area contributed by atoms with Gasteiger partial charge in [-0.05, 0) is 66.2 Å². The van der Waals surface area contributed by atoms with E-state index in [1.165, 1.54) is 35.1 Å². The normalized spacial score (nSPS) is 10.9. The minimum absolute atomic E-state index is 0.0986. The Bertz CT molecular complexity index is 1760. The van der Waals surface area contributed by atoms with Gasteiger partial charge in [0.05, 0.1) is 35.8 Å². The molecule has 0 aliphatic carbocycles. The summed E-state index contributed by atoms with van der Waals surface area (Å²) in [5, 5.41) is 5.66. The van der Waals surface area contributed by atoms with Gasteiger partial charge >= 0.3 is 5.69 Å². The summed E-state index contributed by atoms with van der Waals surface area (Å²) in [4.78, 5) is 51.9. The molecule has 0 saturated carbocycles. The number of anilines is 1. The van der Waals surface area contributed by atoms with Gasteiger partial charge in [0.2, 0.25) is 11.8 Å². The van der Waals surface area contributed by atoms with Gasteiger partial charge in [0.1, 0.15) is 18.1 Å². The van der Waals surface area contributed by atoms with E-state index in [0.717, 1.165) is 4.57 Å². The second-order valence-corrected chi connectivity index (χ2v) is 8.78. The first-order valence-electron chi connectivity index (χ1n) is 12.1. The number of nitrogens with one attached hydrogen (secondary N) is 2. The van der Waals surface area contributed by atoms with Crippen LogP contribution in [0.5, 0.6) is 0 Å². The van der Waals surface area contributed by atoms with Gasteiger partial charge in [0.15, 0.2) is 0 Å². The number of rotatable bonds is 8. The summed E-state index contributed by atoms with van der Waals surface area (Å²) in [6.45, 7) is -0.102. The van der Waals surface area contributed by atoms with Gasteiger partial charge in [-0.1, -0.05) is 24.3 Å². The Kier molecular flexibility index (Phi) is 7.17. The lowest BCUT2D eigenvalue weighted by molar-refractivity contribution is -0.120. The van der Waals surface area contributed by atoms with E-state index in [1.54, 1.807) is 60.7 Å². The molecular weight excluding hydrogens is 503 g/mol. The van der Waals surface area contributed by atoms with Crippen molar-refractivity contribution in [1.82, 2.24) is 14.5 Å². The highest BCUT2D eigenvalue weighted by Gasteiger charge is 2.17. The smallest absolute Gasteiger partial charge is 0.336 e. The molecule has 10 heteroatoms. The molecule has 9 nitrogen and oxygen atoms in total. The highest BCUT2D eigenvalue weighted by Crippen LogP contribution is 2.13. The zero-order valence-corrected chi connectivity index (χ0v) is 20.6. The highest BCUT2D eigenvalue weighted by atomic mass is 19.1. The molecule has 0 aliphatic rings. The molecular formula is C29H23FN4O5. The molecule has 0 atom stereocenters. The van der Waals surface area contributed by atoms with E-state index in [4.69, 9.17) is 4.42 Å². The van der Waals surface area contributed by atoms with Crippen LogP contribution in [0.4, 0.5) is 10.1 Å². The quantitative estimate of drug-likeness (QED) is 0.322. The molecule has 2 N–H and O–H groups in total. The van der Waals surface area contributed by atoms with Crippen LogP contribution < -0.4 is 21.9 Å². The van der Waals surface area contributed by atoms with E-state index < -0.39 is 23.0 Å². The molecule has 3 aromatic carbocycles. The van der Waals surface area contributed by atoms with E-state index in [9.17, 15) is 23.6 Å². The van der Waals surface area contributed by atoms with Gasteiger partial charge in [-0.3, -0.25) is 19.0 Å². The van der Waals surface area contributed by atoms with E-state index in [0.29, 0.717) is 28.2 Å². The van der Waals surface area contributed by atoms with Crippen molar-refractivity contribution in [2.24, 2.45) is 0 Å². The van der Waals surface area contributed by atoms with Gasteiger partial charge in [-0.2, -0.15) is 0 Å². The maximum atomic E-state index is 13.5. The number of hydrogen-bond acceptors (Lipinski definition) is 5. The molecule has 0 spiro atoms. The molecule has 5 aromatic rings. The molecule has 0 bridgehead atoms. The predicted molar refractivity (Wildman–Crippen MR) is 143 cm³/mol. The van der Waals surface area contributed by atoms with E-state index >= 15 is 0 Å². The number of fused-ring (bicyclic) bond motifs is 1. The molecule has 0 radical (unpaired) electrons. The molecule has 0 fully saturated rings. The largest absolute Gasteiger partial charge is 0.467 e. The minimum atomic E-state index is -0.697. The van der Waals surface area contributed by atoms with Crippen LogP contribution in [0.2, 0.25) is 0 Å². The van der Waals surface area contributed by atoms with E-state index in [-0.39, 0.29) is 30.8 Å². The van der Waals surface area contributed by atoms with Crippen molar-refractivity contribution in [3.8, 4) is 5.69 Å². The first kappa shape index (κ1) is 25.4. The third-order valence-corrected chi connectivity index (χ3v) is 6.08. The van der Waals surface area contributed by atoms with Gasteiger partial charge in [0, 0.05) is 5.69 Å². The van der Waals surface area contributed by atoms with Crippen LogP contribution in [-0.2, 0) is 29.1 Å². The average molecular weight is 527 g/mol. The molecule has 39 heavy (non-hydrogen) atoms. The number of furan rings is 1. The van der Waals surface area contributed by atoms with Gasteiger partial charge in [-0.15, -0.1) is 0 Å². The SMILES string of the molecule is O=C(Cc1ccc(-n2c(=O)c3ccccc3n(CC(=O)Nc3ccc(F)cc3)c2=O)cc1)NCc1ccco1. The molecule has 0 saturated heterocycles. The van der Waals surface area contributed by atoms with Crippen LogP contribution in [0.25, 0.3) is 16.6 Å². The topological polar surface area (TPSA) is 115 Å². The summed E-state index contributed by atoms with van der Waals surface area (Å²) in [6, 6.07) is 21.7. The summed E-state index contributed by atoms with van der Waals surface area (Å²) in [7, 11) is 0. The van der Waals surface area contributed by atoms with Crippen LogP contribution in [0.15, 0.2) is 105 Å². The van der Waals surface area contributed by atoms with Crippen molar-refractivity contribution in [2.75, 3.05) is 5.32 Å². The zero-order valence-electron chi connectivity index (χ0n) is 20.6. The summed E-state index contributed by atoms with van der Waals surface area (Å²) >= 11 is 0. The monoisotopic (exact) mass is 526 g/mol. The molecule has 196 valence electrons. The van der Waals surface area contributed by atoms with Crippen LogP contribution in [-0.4, -0.2) is 20.9 Å². The number of amides is 2. The lowest BCUT2D eigenvalue weighted by Crippen LogP contribution is -2.40. The first-order chi connectivity index (χ1) is 18.9. The summed E-state index contributed by atoms with van der Waals surface area (Å²) in [5.74, 6) is -0.536. The predicted octanol–water partition coefficient (Wildman–Crippen LogP) is 3.38. The van der Waals surface area contributed by atoms with Crippen LogP contribution in [0.3, 0.4) is 0 Å². The van der Waals surface area contributed by atoms with Crippen LogP contribution >= 0.6 is 0 Å². The molecule has 5 rings (SSSR count). The number of nitrogens with zero attached hydrogens (tertiary/aromatic N) is 2. The lowest BCUT2D eigenvalue weighted by atomic mass is 10.1. The Morgan fingerprint density at radius 1 is 0.846 bits per heavy atom. The molecule has 0 unspecified atom stereocenters. The summed E-state index contributed by atoms with van der Waals surface area (Å²) in [6.07, 6.45) is 1.63. The lowest BCUT2D eigenvalue weighted by Gasteiger charge is -2.14. The van der Waals surface area contributed by atoms with Crippen molar-refractivity contribution >= 4 is 28.4 Å². The molecule has 2 heterocycles. The maximum absolute atomic E-state index is 13.5. The van der Waals surface area contributed by atoms with Gasteiger partial charge in [0.25, 0.3) is 5.56 Å². The van der Waals surface area contributed by atoms with Crippen molar-refractivity contribution in [2.45, 2.75) is 19.5 Å². The fraction of sp³-hybridized carbons (Fsp3) is 0.103. The van der Waals surface area contributed by atoms with Crippen molar-refractivity contribution in [1.29, 1.82) is 0 Å². The van der Waals surface area contributed by atoms with Crippen LogP contribution in [0.1, 0.15) is 11.3 Å². The molecule has 0 aliphatic heterocycles. The Labute approximate surface area is 221 Å². The van der Waals surface area contributed by atoms with Gasteiger partial charge in [-0.25, -0.2) is 13.8 Å². The Balaban J connectivity index is 1.41. The Morgan fingerprint density at radius 2 is 1.59 bits per heavy atom. The Hall–Kier alpha value is -5.25. The van der Waals surface area contributed by atoms with Crippen LogP contribution in [0, 0.1) is 5.82 Å². The number of carbonyl (C=O) groups is 2. The molecule has 2 amide bonds. The number of halogens is 1. The summed E-state index contributed by atoms with van der Waals surface area (Å²) in [5.41, 5.74) is 0.428. The standard InChI is InChI=1S/C29H23FN4O5/c30-20-9-11-21(12-10-20)32-27(36)18-33-25-6-2-1-5-24(25)28(37)34(29(33)38)22-13-7-19(8-14-22)16-26(35)31-17-23-4-3-15-39-23/h1-15H,16-18H2,(H,31,35)(H,32,36). The van der Waals surface area contributed by atoms with Crippen molar-refractivity contribution in [3.63, 3.8) is 0 Å². The number of carbonyl (C=O) groups excluding carboxylic acids is 2. The highest BCUT2D eigenvalue weighted by molar-refractivity contribution is 5.91. The van der Waals surface area contributed by atoms with E-state index in [2.05, 4.69) is 10.6 Å². The first-order valence-corrected chi connectivity index (χ1v) is 12.1. The third-order valence-electron chi connectivity index (χ3n) is 6.08. The number of aromatic nitrogens is 2. The zero-order chi connectivity index (χ0) is 27.4. The fourth-order valence-corrected chi connectivity index (χ4v) is 4.19. The summed E-state index contributed by atoms with van der Waals surface area (Å²) < 4.78 is 20.6. The van der Waals surface area contributed by atoms with Crippen molar-refractivity contribution < 1.29 is 18.4 Å². The third kappa shape index (κ3) is 5.69. The second-order valence-electron chi connectivity index (χ2n) is 8.78. The number of para-hydroxylation sites is 1. The Morgan fingerprint density at radius 3 is 2.31 bits per heavy atom. The molecule has 2 aromatic heterocycles. The van der Waals surface area contributed by atoms with E-state index in [1.807, 2.05) is 0 Å². The van der Waals surface area contributed by atoms with Gasteiger partial charge < -0.3 is 15.1 Å². The fourth-order valence-electron chi connectivity index (χ4n) is 4.19. The minimum Gasteiger partial charge on any atom is -0.467 e. The second kappa shape index (κ2) is 11.0.